The number of likely N-dealkylation sites (tertiary alicyclic amines) is 1. The number of nitriles is 1. The summed E-state index contributed by atoms with van der Waals surface area (Å²) in [6.45, 7) is 2.72. The number of aryl methyl sites for hydroxylation is 1. The molecule has 1 aromatic heterocycles. The van der Waals surface area contributed by atoms with Crippen LogP contribution < -0.4 is 5.32 Å². The van der Waals surface area contributed by atoms with Crippen LogP contribution in [0.1, 0.15) is 30.5 Å². The zero-order valence-corrected chi connectivity index (χ0v) is 13.2. The monoisotopic (exact) mass is 326 g/mol. The number of pyridine rings is 1. The van der Waals surface area contributed by atoms with E-state index in [1.807, 2.05) is 6.92 Å². The maximum absolute atomic E-state index is 12.3. The van der Waals surface area contributed by atoms with Gasteiger partial charge >= 0.3 is 6.18 Å². The van der Waals surface area contributed by atoms with E-state index in [1.54, 1.807) is 12.1 Å². The molecule has 4 nitrogen and oxygen atoms in total. The van der Waals surface area contributed by atoms with Crippen molar-refractivity contribution in [2.75, 3.05) is 31.5 Å². The summed E-state index contributed by atoms with van der Waals surface area (Å²) in [6, 6.07) is 5.63. The SMILES string of the molecule is Cc1ccc(C#N)c(NCCC2CCN(CC(F)(F)F)CC2)n1. The Balaban J connectivity index is 1.74. The van der Waals surface area contributed by atoms with Gasteiger partial charge in [0, 0.05) is 12.2 Å². The van der Waals surface area contributed by atoms with Gasteiger partial charge in [0.15, 0.2) is 0 Å². The van der Waals surface area contributed by atoms with Gasteiger partial charge in [-0.1, -0.05) is 0 Å². The standard InChI is InChI=1S/C16H21F3N4/c1-12-2-3-14(10-20)15(22-12)21-7-4-13-5-8-23(9-6-13)11-16(17,18)19/h2-3,13H,4-9,11H2,1H3,(H,21,22). The van der Waals surface area contributed by atoms with E-state index in [4.69, 9.17) is 5.26 Å². The number of anilines is 1. The molecule has 0 amide bonds. The molecular weight excluding hydrogens is 305 g/mol. The van der Waals surface area contributed by atoms with Crippen LogP contribution in [-0.2, 0) is 0 Å². The smallest absolute Gasteiger partial charge is 0.369 e. The van der Waals surface area contributed by atoms with Crippen LogP contribution in [0, 0.1) is 24.2 Å². The molecular formula is C16H21F3N4. The first-order valence-electron chi connectivity index (χ1n) is 7.78. The quantitative estimate of drug-likeness (QED) is 0.902. The Labute approximate surface area is 134 Å². The lowest BCUT2D eigenvalue weighted by atomic mass is 9.93. The zero-order chi connectivity index (χ0) is 16.9. The van der Waals surface area contributed by atoms with E-state index in [0.29, 0.717) is 36.9 Å². The third-order valence-corrected chi connectivity index (χ3v) is 4.11. The number of piperidine rings is 1. The molecule has 23 heavy (non-hydrogen) atoms. The van der Waals surface area contributed by atoms with Crippen LogP contribution in [0.3, 0.4) is 0 Å². The minimum absolute atomic E-state index is 0.419. The van der Waals surface area contributed by atoms with E-state index in [0.717, 1.165) is 25.0 Å². The molecule has 1 aromatic rings. The maximum Gasteiger partial charge on any atom is 0.401 e. The first-order chi connectivity index (χ1) is 10.9. The molecule has 0 aromatic carbocycles. The highest BCUT2D eigenvalue weighted by Crippen LogP contribution is 2.24. The molecule has 1 fully saturated rings. The number of halogens is 3. The first-order valence-corrected chi connectivity index (χ1v) is 7.78. The molecule has 1 aliphatic rings. The van der Waals surface area contributed by atoms with E-state index < -0.39 is 12.7 Å². The van der Waals surface area contributed by atoms with Crippen molar-refractivity contribution in [1.29, 1.82) is 5.26 Å². The number of nitrogens with one attached hydrogen (secondary N) is 1. The molecule has 7 heteroatoms. The predicted molar refractivity (Wildman–Crippen MR) is 82.0 cm³/mol. The minimum Gasteiger partial charge on any atom is -0.369 e. The van der Waals surface area contributed by atoms with Crippen LogP contribution in [0.2, 0.25) is 0 Å². The third kappa shape index (κ3) is 5.71. The Kier molecular flexibility index (Phi) is 5.83. The van der Waals surface area contributed by atoms with Gasteiger partial charge in [-0.25, -0.2) is 4.98 Å². The maximum atomic E-state index is 12.3. The van der Waals surface area contributed by atoms with Gasteiger partial charge in [0.25, 0.3) is 0 Å². The Morgan fingerprint density at radius 2 is 2.04 bits per heavy atom. The van der Waals surface area contributed by atoms with Gasteiger partial charge in [-0.2, -0.15) is 18.4 Å². The van der Waals surface area contributed by atoms with Crippen LogP contribution in [0.5, 0.6) is 0 Å². The molecule has 1 saturated heterocycles. The lowest BCUT2D eigenvalue weighted by Crippen LogP contribution is -2.40. The molecule has 0 atom stereocenters. The van der Waals surface area contributed by atoms with Gasteiger partial charge in [0.1, 0.15) is 11.9 Å². The van der Waals surface area contributed by atoms with Crippen LogP contribution in [0.15, 0.2) is 12.1 Å². The van der Waals surface area contributed by atoms with Crippen molar-refractivity contribution < 1.29 is 13.2 Å². The number of nitrogens with zero attached hydrogens (tertiary/aromatic N) is 3. The van der Waals surface area contributed by atoms with E-state index in [-0.39, 0.29) is 0 Å². The van der Waals surface area contributed by atoms with E-state index >= 15 is 0 Å². The molecule has 1 N–H and O–H groups in total. The summed E-state index contributed by atoms with van der Waals surface area (Å²) in [5.41, 5.74) is 1.35. The molecule has 1 aliphatic heterocycles. The summed E-state index contributed by atoms with van der Waals surface area (Å²) in [7, 11) is 0. The predicted octanol–water partition coefficient (Wildman–Crippen LogP) is 3.34. The molecule has 0 bridgehead atoms. The Hall–Kier alpha value is -1.81. The molecule has 126 valence electrons. The molecule has 0 spiro atoms. The van der Waals surface area contributed by atoms with E-state index in [2.05, 4.69) is 16.4 Å². The Bertz CT molecular complexity index is 557. The second kappa shape index (κ2) is 7.64. The summed E-state index contributed by atoms with van der Waals surface area (Å²) in [5, 5.41) is 12.2. The van der Waals surface area contributed by atoms with Crippen molar-refractivity contribution in [1.82, 2.24) is 9.88 Å². The van der Waals surface area contributed by atoms with Crippen molar-refractivity contribution in [2.45, 2.75) is 32.4 Å². The molecule has 0 unspecified atom stereocenters. The van der Waals surface area contributed by atoms with Gasteiger partial charge in [0.2, 0.25) is 0 Å². The van der Waals surface area contributed by atoms with E-state index in [1.165, 1.54) is 4.90 Å². The van der Waals surface area contributed by atoms with Gasteiger partial charge < -0.3 is 5.32 Å². The van der Waals surface area contributed by atoms with Gasteiger partial charge in [0.05, 0.1) is 12.1 Å². The molecule has 2 rings (SSSR count). The average Bonchev–Trinajstić information content (AvgIpc) is 2.48. The number of hydrogen-bond donors (Lipinski definition) is 1. The summed E-state index contributed by atoms with van der Waals surface area (Å²) < 4.78 is 37.0. The summed E-state index contributed by atoms with van der Waals surface area (Å²) in [4.78, 5) is 5.78. The van der Waals surface area contributed by atoms with Crippen LogP contribution >= 0.6 is 0 Å². The second-order valence-corrected chi connectivity index (χ2v) is 6.01. The highest BCUT2D eigenvalue weighted by Gasteiger charge is 2.32. The van der Waals surface area contributed by atoms with Crippen molar-refractivity contribution in [3.05, 3.63) is 23.4 Å². The normalized spacial score (nSPS) is 17.0. The molecule has 0 aliphatic carbocycles. The molecule has 0 saturated carbocycles. The molecule has 2 heterocycles. The third-order valence-electron chi connectivity index (χ3n) is 4.11. The minimum atomic E-state index is -4.11. The summed E-state index contributed by atoms with van der Waals surface area (Å²) in [5.74, 6) is 1.00. The first kappa shape index (κ1) is 17.5. The van der Waals surface area contributed by atoms with Crippen molar-refractivity contribution in [3.8, 4) is 6.07 Å². The van der Waals surface area contributed by atoms with Gasteiger partial charge in [-0.15, -0.1) is 0 Å². The van der Waals surface area contributed by atoms with Crippen molar-refractivity contribution >= 4 is 5.82 Å². The van der Waals surface area contributed by atoms with Crippen molar-refractivity contribution in [3.63, 3.8) is 0 Å². The lowest BCUT2D eigenvalue weighted by Gasteiger charge is -2.32. The Morgan fingerprint density at radius 1 is 1.35 bits per heavy atom. The van der Waals surface area contributed by atoms with Gasteiger partial charge in [-0.3, -0.25) is 4.90 Å². The highest BCUT2D eigenvalue weighted by atomic mass is 19.4. The fourth-order valence-corrected chi connectivity index (χ4v) is 2.86. The van der Waals surface area contributed by atoms with Crippen molar-refractivity contribution in [2.24, 2.45) is 5.92 Å². The summed E-state index contributed by atoms with van der Waals surface area (Å²) >= 11 is 0. The van der Waals surface area contributed by atoms with Crippen LogP contribution in [0.4, 0.5) is 19.0 Å². The molecule has 0 radical (unpaired) electrons. The number of hydrogen-bond acceptors (Lipinski definition) is 4. The number of aromatic nitrogens is 1. The zero-order valence-electron chi connectivity index (χ0n) is 13.2. The van der Waals surface area contributed by atoms with Crippen LogP contribution in [0.25, 0.3) is 0 Å². The number of rotatable bonds is 5. The number of alkyl halides is 3. The summed E-state index contributed by atoms with van der Waals surface area (Å²) in [6.07, 6.45) is -1.67. The fourth-order valence-electron chi connectivity index (χ4n) is 2.86. The fraction of sp³-hybridized carbons (Fsp3) is 0.625. The Morgan fingerprint density at radius 3 is 2.65 bits per heavy atom. The second-order valence-electron chi connectivity index (χ2n) is 6.01. The van der Waals surface area contributed by atoms with E-state index in [9.17, 15) is 13.2 Å². The lowest BCUT2D eigenvalue weighted by molar-refractivity contribution is -0.148. The topological polar surface area (TPSA) is 52.0 Å². The van der Waals surface area contributed by atoms with Gasteiger partial charge in [-0.05, 0) is 57.3 Å². The van der Waals surface area contributed by atoms with Crippen LogP contribution in [-0.4, -0.2) is 42.2 Å². The largest absolute Gasteiger partial charge is 0.401 e. The highest BCUT2D eigenvalue weighted by molar-refractivity contribution is 5.52. The average molecular weight is 326 g/mol.